The van der Waals surface area contributed by atoms with Crippen LogP contribution in [-0.2, 0) is 10.0 Å². The number of sulfonamides is 1. The quantitative estimate of drug-likeness (QED) is 0.690. The first-order valence-electron chi connectivity index (χ1n) is 4.40. The summed E-state index contributed by atoms with van der Waals surface area (Å²) >= 11 is 3.22. The molecule has 0 aliphatic carbocycles. The van der Waals surface area contributed by atoms with Crippen molar-refractivity contribution in [3.05, 3.63) is 0 Å². The summed E-state index contributed by atoms with van der Waals surface area (Å²) in [5.41, 5.74) is 0. The molecule has 0 spiro atoms. The van der Waals surface area contributed by atoms with Gasteiger partial charge in [0, 0.05) is 18.9 Å². The third-order valence-electron chi connectivity index (χ3n) is 1.83. The van der Waals surface area contributed by atoms with Crippen molar-refractivity contribution in [1.82, 2.24) is 4.31 Å². The first-order valence-corrected chi connectivity index (χ1v) is 7.13. The Balaban J connectivity index is 4.07. The van der Waals surface area contributed by atoms with E-state index in [1.807, 2.05) is 13.8 Å². The van der Waals surface area contributed by atoms with Crippen LogP contribution in [0, 0.1) is 5.92 Å². The zero-order chi connectivity index (χ0) is 10.5. The average Bonchev–Trinajstić information content (AvgIpc) is 2.01. The average molecular weight is 272 g/mol. The van der Waals surface area contributed by atoms with E-state index in [2.05, 4.69) is 15.9 Å². The molecule has 0 unspecified atom stereocenters. The van der Waals surface area contributed by atoms with Crippen LogP contribution in [0.1, 0.15) is 20.3 Å². The maximum Gasteiger partial charge on any atom is 0.213 e. The Bertz CT molecular complexity index is 226. The largest absolute Gasteiger partial charge is 0.213 e. The first kappa shape index (κ1) is 13.4. The minimum atomic E-state index is -3.01. The lowest BCUT2D eigenvalue weighted by molar-refractivity contribution is 0.481. The summed E-state index contributed by atoms with van der Waals surface area (Å²) in [5, 5.41) is 0.685. The second-order valence-electron chi connectivity index (χ2n) is 3.51. The fourth-order valence-corrected chi connectivity index (χ4v) is 3.02. The minimum absolute atomic E-state index is 0.258. The molecule has 0 atom stereocenters. The van der Waals surface area contributed by atoms with Crippen molar-refractivity contribution in [2.45, 2.75) is 20.3 Å². The number of hydrogen-bond acceptors (Lipinski definition) is 2. The predicted molar refractivity (Wildman–Crippen MR) is 59.7 cm³/mol. The van der Waals surface area contributed by atoms with Crippen LogP contribution in [0.2, 0.25) is 0 Å². The van der Waals surface area contributed by atoms with Gasteiger partial charge in [0.1, 0.15) is 0 Å². The number of alkyl halides is 1. The van der Waals surface area contributed by atoms with Crippen molar-refractivity contribution >= 4 is 26.0 Å². The van der Waals surface area contributed by atoms with Gasteiger partial charge in [-0.05, 0) is 12.3 Å². The molecule has 13 heavy (non-hydrogen) atoms. The smallest absolute Gasteiger partial charge is 0.212 e. The fraction of sp³-hybridized carbons (Fsp3) is 1.00. The highest BCUT2D eigenvalue weighted by atomic mass is 79.9. The van der Waals surface area contributed by atoms with E-state index in [9.17, 15) is 8.42 Å². The van der Waals surface area contributed by atoms with Gasteiger partial charge < -0.3 is 0 Å². The Kier molecular flexibility index (Phi) is 6.16. The van der Waals surface area contributed by atoms with E-state index in [1.165, 1.54) is 4.31 Å². The van der Waals surface area contributed by atoms with Crippen LogP contribution >= 0.6 is 15.9 Å². The summed E-state index contributed by atoms with van der Waals surface area (Å²) in [5.74, 6) is 0.695. The zero-order valence-electron chi connectivity index (χ0n) is 8.46. The predicted octanol–water partition coefficient (Wildman–Crippen LogP) is 1.69. The van der Waals surface area contributed by atoms with E-state index in [-0.39, 0.29) is 5.75 Å². The molecule has 0 N–H and O–H groups in total. The topological polar surface area (TPSA) is 37.4 Å². The van der Waals surface area contributed by atoms with Gasteiger partial charge in [-0.1, -0.05) is 29.8 Å². The van der Waals surface area contributed by atoms with Gasteiger partial charge in [0.2, 0.25) is 10.0 Å². The third kappa shape index (κ3) is 5.65. The molecule has 80 valence electrons. The standard InChI is InChI=1S/C8H18BrNO2S/c1-8(2)4-7-13(11,12)10(3)6-5-9/h8H,4-7H2,1-3H3. The summed E-state index contributed by atoms with van der Waals surface area (Å²) in [6.45, 7) is 4.60. The molecule has 0 bridgehead atoms. The van der Waals surface area contributed by atoms with Crippen LogP contribution in [0.4, 0.5) is 0 Å². The van der Waals surface area contributed by atoms with Crippen molar-refractivity contribution in [2.24, 2.45) is 5.92 Å². The van der Waals surface area contributed by atoms with Crippen molar-refractivity contribution in [1.29, 1.82) is 0 Å². The van der Waals surface area contributed by atoms with Gasteiger partial charge in [-0.15, -0.1) is 0 Å². The summed E-state index contributed by atoms with van der Waals surface area (Å²) in [7, 11) is -1.39. The molecular weight excluding hydrogens is 254 g/mol. The fourth-order valence-electron chi connectivity index (χ4n) is 0.799. The lowest BCUT2D eigenvalue weighted by Crippen LogP contribution is -2.31. The van der Waals surface area contributed by atoms with Gasteiger partial charge in [-0.2, -0.15) is 0 Å². The first-order chi connectivity index (χ1) is 5.90. The number of nitrogens with zero attached hydrogens (tertiary/aromatic N) is 1. The van der Waals surface area contributed by atoms with Gasteiger partial charge in [0.25, 0.3) is 0 Å². The van der Waals surface area contributed by atoms with Crippen molar-refractivity contribution in [2.75, 3.05) is 24.7 Å². The number of rotatable bonds is 6. The molecule has 0 aromatic heterocycles. The highest BCUT2D eigenvalue weighted by Gasteiger charge is 2.16. The molecule has 0 aromatic rings. The van der Waals surface area contributed by atoms with E-state index in [4.69, 9.17) is 0 Å². The lowest BCUT2D eigenvalue weighted by atomic mass is 10.2. The number of halogens is 1. The molecular formula is C8H18BrNO2S. The van der Waals surface area contributed by atoms with E-state index < -0.39 is 10.0 Å². The monoisotopic (exact) mass is 271 g/mol. The summed E-state index contributed by atoms with van der Waals surface area (Å²) in [6, 6.07) is 0. The van der Waals surface area contributed by atoms with E-state index in [0.717, 1.165) is 6.42 Å². The highest BCUT2D eigenvalue weighted by Crippen LogP contribution is 2.06. The van der Waals surface area contributed by atoms with Gasteiger partial charge in [0.15, 0.2) is 0 Å². The molecule has 0 amide bonds. The molecule has 0 radical (unpaired) electrons. The van der Waals surface area contributed by atoms with Crippen LogP contribution in [0.5, 0.6) is 0 Å². The molecule has 0 saturated carbocycles. The van der Waals surface area contributed by atoms with E-state index in [1.54, 1.807) is 7.05 Å². The molecule has 0 aliphatic heterocycles. The highest BCUT2D eigenvalue weighted by molar-refractivity contribution is 9.09. The van der Waals surface area contributed by atoms with Crippen LogP contribution in [-0.4, -0.2) is 37.4 Å². The van der Waals surface area contributed by atoms with E-state index >= 15 is 0 Å². The Labute approximate surface area is 89.7 Å². The van der Waals surface area contributed by atoms with Gasteiger partial charge >= 0.3 is 0 Å². The Morgan fingerprint density at radius 3 is 2.31 bits per heavy atom. The molecule has 3 nitrogen and oxygen atoms in total. The van der Waals surface area contributed by atoms with Gasteiger partial charge in [0.05, 0.1) is 5.75 Å². The molecule has 0 aromatic carbocycles. The van der Waals surface area contributed by atoms with Crippen molar-refractivity contribution in [3.8, 4) is 0 Å². The van der Waals surface area contributed by atoms with E-state index in [0.29, 0.717) is 17.8 Å². The van der Waals surface area contributed by atoms with Crippen LogP contribution in [0.3, 0.4) is 0 Å². The summed E-state index contributed by atoms with van der Waals surface area (Å²) in [6.07, 6.45) is 0.731. The van der Waals surface area contributed by atoms with Crippen molar-refractivity contribution < 1.29 is 8.42 Å². The summed E-state index contributed by atoms with van der Waals surface area (Å²) < 4.78 is 24.5. The SMILES string of the molecule is CC(C)CCS(=O)(=O)N(C)CCBr. The maximum absolute atomic E-state index is 11.5. The van der Waals surface area contributed by atoms with Crippen LogP contribution in [0.25, 0.3) is 0 Å². The maximum atomic E-state index is 11.5. The van der Waals surface area contributed by atoms with Gasteiger partial charge in [-0.3, -0.25) is 0 Å². The van der Waals surface area contributed by atoms with Crippen molar-refractivity contribution in [3.63, 3.8) is 0 Å². The molecule has 0 fully saturated rings. The molecule has 0 saturated heterocycles. The normalized spacial score (nSPS) is 12.8. The minimum Gasteiger partial charge on any atom is -0.212 e. The summed E-state index contributed by atoms with van der Waals surface area (Å²) in [4.78, 5) is 0. The Hall–Kier alpha value is 0.390. The molecule has 5 heteroatoms. The Morgan fingerprint density at radius 2 is 1.92 bits per heavy atom. The molecule has 0 heterocycles. The van der Waals surface area contributed by atoms with Crippen LogP contribution < -0.4 is 0 Å². The Morgan fingerprint density at radius 1 is 1.38 bits per heavy atom. The zero-order valence-corrected chi connectivity index (χ0v) is 10.9. The van der Waals surface area contributed by atoms with Crippen LogP contribution in [0.15, 0.2) is 0 Å². The second kappa shape index (κ2) is 5.98. The lowest BCUT2D eigenvalue weighted by Gasteiger charge is -2.16. The third-order valence-corrected chi connectivity index (χ3v) is 4.07. The molecule has 0 aliphatic rings. The second-order valence-corrected chi connectivity index (χ2v) is 6.50. The number of hydrogen-bond donors (Lipinski definition) is 0. The molecule has 0 rings (SSSR count). The van der Waals surface area contributed by atoms with Gasteiger partial charge in [-0.25, -0.2) is 12.7 Å².